The Labute approximate surface area is 196 Å². The molecule has 1 saturated heterocycles. The lowest BCUT2D eigenvalue weighted by Gasteiger charge is -2.30. The normalized spacial score (nSPS) is 15.5. The molecule has 0 saturated carbocycles. The van der Waals surface area contributed by atoms with Crippen molar-refractivity contribution in [2.24, 2.45) is 5.92 Å². The quantitative estimate of drug-likeness (QED) is 0.541. The van der Waals surface area contributed by atoms with Gasteiger partial charge in [-0.05, 0) is 43.5 Å². The molecule has 0 unspecified atom stereocenters. The summed E-state index contributed by atoms with van der Waals surface area (Å²) < 4.78 is 38.2. The summed E-state index contributed by atoms with van der Waals surface area (Å²) in [6.07, 6.45) is 0.951. The third-order valence-corrected chi connectivity index (χ3v) is 8.86. The SMILES string of the molecule is COc1cccc(CNC(=O)C2CCN(S(=O)(=O)c3cc(-c4noc(C)n4)sc3C)CC2)c1. The number of hydrogen-bond donors (Lipinski definition) is 1. The molecule has 3 aromatic rings. The Kier molecular flexibility index (Phi) is 6.82. The molecule has 2 aromatic heterocycles. The number of aromatic nitrogens is 2. The van der Waals surface area contributed by atoms with Crippen molar-refractivity contribution in [2.75, 3.05) is 20.2 Å². The van der Waals surface area contributed by atoms with Gasteiger partial charge in [-0.1, -0.05) is 17.3 Å². The number of rotatable bonds is 7. The number of carbonyl (C=O) groups excluding carboxylic acids is 1. The largest absolute Gasteiger partial charge is 0.497 e. The van der Waals surface area contributed by atoms with Crippen LogP contribution in [0.3, 0.4) is 0 Å². The van der Waals surface area contributed by atoms with Crippen molar-refractivity contribution in [2.45, 2.75) is 38.1 Å². The first-order valence-corrected chi connectivity index (χ1v) is 12.9. The van der Waals surface area contributed by atoms with E-state index < -0.39 is 10.0 Å². The second kappa shape index (κ2) is 9.62. The van der Waals surface area contributed by atoms with Crippen LogP contribution in [0.1, 0.15) is 29.2 Å². The molecule has 1 aliphatic rings. The van der Waals surface area contributed by atoms with Gasteiger partial charge in [0.2, 0.25) is 27.6 Å². The molecule has 176 valence electrons. The van der Waals surface area contributed by atoms with Crippen LogP contribution in [0.2, 0.25) is 0 Å². The van der Waals surface area contributed by atoms with E-state index >= 15 is 0 Å². The van der Waals surface area contributed by atoms with Crippen molar-refractivity contribution in [1.29, 1.82) is 0 Å². The molecule has 0 spiro atoms. The predicted octanol–water partition coefficient (Wildman–Crippen LogP) is 3.14. The first-order chi connectivity index (χ1) is 15.8. The van der Waals surface area contributed by atoms with E-state index in [0.29, 0.717) is 53.9 Å². The minimum atomic E-state index is -3.67. The second-order valence-corrected chi connectivity index (χ2v) is 11.1. The van der Waals surface area contributed by atoms with Gasteiger partial charge in [0.25, 0.3) is 0 Å². The van der Waals surface area contributed by atoms with Crippen LogP contribution in [0, 0.1) is 19.8 Å². The Morgan fingerprint density at radius 1 is 1.27 bits per heavy atom. The summed E-state index contributed by atoms with van der Waals surface area (Å²) in [5.41, 5.74) is 0.947. The Morgan fingerprint density at radius 2 is 2.03 bits per heavy atom. The average Bonchev–Trinajstić information content (AvgIpc) is 3.43. The van der Waals surface area contributed by atoms with Crippen molar-refractivity contribution in [3.8, 4) is 16.5 Å². The van der Waals surface area contributed by atoms with Crippen LogP contribution in [0.15, 0.2) is 39.8 Å². The lowest BCUT2D eigenvalue weighted by Crippen LogP contribution is -2.42. The first-order valence-electron chi connectivity index (χ1n) is 10.6. The number of carbonyl (C=O) groups is 1. The fourth-order valence-electron chi connectivity index (χ4n) is 3.84. The van der Waals surface area contributed by atoms with Gasteiger partial charge in [0.1, 0.15) is 5.75 Å². The van der Waals surface area contributed by atoms with Gasteiger partial charge in [-0.15, -0.1) is 11.3 Å². The molecule has 1 N–H and O–H groups in total. The van der Waals surface area contributed by atoms with Crippen molar-refractivity contribution in [3.63, 3.8) is 0 Å². The molecule has 1 amide bonds. The standard InChI is InChI=1S/C22H26N4O5S2/c1-14-20(12-19(32-14)21-24-15(2)31-25-21)33(28,29)26-9-7-17(8-10-26)22(27)23-13-16-5-4-6-18(11-16)30-3/h4-6,11-12,17H,7-10,13H2,1-3H3,(H,23,27). The highest BCUT2D eigenvalue weighted by Crippen LogP contribution is 2.34. The fraction of sp³-hybridized carbons (Fsp3) is 0.409. The van der Waals surface area contributed by atoms with E-state index in [9.17, 15) is 13.2 Å². The number of amides is 1. The number of sulfonamides is 1. The van der Waals surface area contributed by atoms with Crippen LogP contribution in [0.25, 0.3) is 10.7 Å². The minimum absolute atomic E-state index is 0.0589. The van der Waals surface area contributed by atoms with Gasteiger partial charge in [-0.3, -0.25) is 4.79 Å². The van der Waals surface area contributed by atoms with E-state index in [1.165, 1.54) is 15.6 Å². The van der Waals surface area contributed by atoms with Gasteiger partial charge < -0.3 is 14.6 Å². The maximum Gasteiger partial charge on any atom is 0.244 e. The van der Waals surface area contributed by atoms with Gasteiger partial charge in [0.05, 0.1) is 16.9 Å². The van der Waals surface area contributed by atoms with Crippen LogP contribution in [0.4, 0.5) is 0 Å². The van der Waals surface area contributed by atoms with Gasteiger partial charge in [-0.2, -0.15) is 9.29 Å². The van der Waals surface area contributed by atoms with Crippen LogP contribution < -0.4 is 10.1 Å². The molecule has 3 heterocycles. The summed E-state index contributed by atoms with van der Waals surface area (Å²) in [5, 5.41) is 6.83. The zero-order valence-electron chi connectivity index (χ0n) is 18.7. The second-order valence-electron chi connectivity index (χ2n) is 7.92. The third kappa shape index (κ3) is 5.10. The van der Waals surface area contributed by atoms with Gasteiger partial charge in [0.15, 0.2) is 0 Å². The van der Waals surface area contributed by atoms with Crippen molar-refractivity contribution in [1.82, 2.24) is 19.8 Å². The number of thiophene rings is 1. The number of piperidine rings is 1. The van der Waals surface area contributed by atoms with Crippen molar-refractivity contribution >= 4 is 27.3 Å². The molecule has 4 rings (SSSR count). The lowest BCUT2D eigenvalue weighted by molar-refractivity contribution is -0.126. The molecular formula is C22H26N4O5S2. The Bertz CT molecular complexity index is 1240. The molecular weight excluding hydrogens is 464 g/mol. The maximum absolute atomic E-state index is 13.3. The van der Waals surface area contributed by atoms with Crippen LogP contribution in [-0.2, 0) is 21.4 Å². The Hall–Kier alpha value is -2.76. The van der Waals surface area contributed by atoms with E-state index in [1.807, 2.05) is 24.3 Å². The Balaban J connectivity index is 1.37. The van der Waals surface area contributed by atoms with E-state index in [1.54, 1.807) is 27.0 Å². The number of ether oxygens (including phenoxy) is 1. The molecule has 0 radical (unpaired) electrons. The molecule has 0 atom stereocenters. The summed E-state index contributed by atoms with van der Waals surface area (Å²) in [4.78, 5) is 18.4. The van der Waals surface area contributed by atoms with Crippen LogP contribution in [-0.4, -0.2) is 49.0 Å². The smallest absolute Gasteiger partial charge is 0.244 e. The van der Waals surface area contributed by atoms with Gasteiger partial charge in [0, 0.05) is 37.4 Å². The summed E-state index contributed by atoms with van der Waals surface area (Å²) >= 11 is 1.32. The third-order valence-electron chi connectivity index (χ3n) is 5.66. The molecule has 0 aliphatic carbocycles. The summed E-state index contributed by atoms with van der Waals surface area (Å²) in [6.45, 7) is 4.45. The monoisotopic (exact) mass is 490 g/mol. The summed E-state index contributed by atoms with van der Waals surface area (Å²) in [7, 11) is -2.07. The highest BCUT2D eigenvalue weighted by molar-refractivity contribution is 7.89. The fourth-order valence-corrected chi connectivity index (χ4v) is 6.80. The molecule has 1 aromatic carbocycles. The van der Waals surface area contributed by atoms with E-state index in [2.05, 4.69) is 15.5 Å². The number of benzene rings is 1. The van der Waals surface area contributed by atoms with Crippen molar-refractivity contribution < 1.29 is 22.5 Å². The molecule has 1 fully saturated rings. The first kappa shape index (κ1) is 23.4. The molecule has 11 heteroatoms. The number of nitrogens with one attached hydrogen (secondary N) is 1. The highest BCUT2D eigenvalue weighted by atomic mass is 32.2. The highest BCUT2D eigenvalue weighted by Gasteiger charge is 2.34. The zero-order chi connectivity index (χ0) is 23.6. The summed E-state index contributed by atoms with van der Waals surface area (Å²) in [5.74, 6) is 1.27. The van der Waals surface area contributed by atoms with E-state index in [4.69, 9.17) is 9.26 Å². The Morgan fingerprint density at radius 3 is 2.70 bits per heavy atom. The van der Waals surface area contributed by atoms with E-state index in [0.717, 1.165) is 11.3 Å². The summed E-state index contributed by atoms with van der Waals surface area (Å²) in [6, 6.07) is 9.13. The topological polar surface area (TPSA) is 115 Å². The van der Waals surface area contributed by atoms with Crippen LogP contribution >= 0.6 is 11.3 Å². The molecule has 9 nitrogen and oxygen atoms in total. The average molecular weight is 491 g/mol. The predicted molar refractivity (Wildman–Crippen MR) is 123 cm³/mol. The number of methoxy groups -OCH3 is 1. The zero-order valence-corrected chi connectivity index (χ0v) is 20.3. The molecule has 1 aliphatic heterocycles. The molecule has 0 bridgehead atoms. The van der Waals surface area contributed by atoms with Crippen molar-refractivity contribution in [3.05, 3.63) is 46.7 Å². The maximum atomic E-state index is 13.3. The van der Waals surface area contributed by atoms with E-state index in [-0.39, 0.29) is 16.7 Å². The van der Waals surface area contributed by atoms with Crippen LogP contribution in [0.5, 0.6) is 5.75 Å². The van der Waals surface area contributed by atoms with Gasteiger partial charge in [-0.25, -0.2) is 8.42 Å². The number of aryl methyl sites for hydroxylation is 2. The lowest BCUT2D eigenvalue weighted by atomic mass is 9.97. The number of hydrogen-bond acceptors (Lipinski definition) is 8. The number of nitrogens with zero attached hydrogens (tertiary/aromatic N) is 3. The minimum Gasteiger partial charge on any atom is -0.497 e. The molecule has 33 heavy (non-hydrogen) atoms. The van der Waals surface area contributed by atoms with Gasteiger partial charge >= 0.3 is 0 Å².